The lowest BCUT2D eigenvalue weighted by Gasteiger charge is -2.47. The summed E-state index contributed by atoms with van der Waals surface area (Å²) in [5.74, 6) is -1.38. The van der Waals surface area contributed by atoms with Crippen molar-refractivity contribution in [2.45, 2.75) is 52.0 Å². The topological polar surface area (TPSA) is 69.7 Å². The van der Waals surface area contributed by atoms with Crippen LogP contribution in [0.2, 0.25) is 5.02 Å². The summed E-state index contributed by atoms with van der Waals surface area (Å²) in [5, 5.41) is 2.59. The van der Waals surface area contributed by atoms with Gasteiger partial charge in [-0.25, -0.2) is 4.39 Å². The third-order valence-electron chi connectivity index (χ3n) is 6.54. The van der Waals surface area contributed by atoms with Crippen LogP contribution >= 0.6 is 23.4 Å². The highest BCUT2D eigenvalue weighted by Crippen LogP contribution is 2.45. The summed E-state index contributed by atoms with van der Waals surface area (Å²) in [6, 6.07) is 9.81. The van der Waals surface area contributed by atoms with Gasteiger partial charge in [-0.05, 0) is 92.4 Å². The quantitative estimate of drug-likeness (QED) is 0.424. The van der Waals surface area contributed by atoms with Crippen LogP contribution in [0.15, 0.2) is 41.3 Å². The Bertz CT molecular complexity index is 1250. The van der Waals surface area contributed by atoms with E-state index in [0.29, 0.717) is 22.5 Å². The number of amides is 3. The van der Waals surface area contributed by atoms with Crippen LogP contribution < -0.4 is 10.2 Å². The zero-order valence-corrected chi connectivity index (χ0v) is 22.3. The number of nitrogens with zero attached hydrogens (tertiary/aromatic N) is 2. The van der Waals surface area contributed by atoms with Crippen molar-refractivity contribution < 1.29 is 18.8 Å². The van der Waals surface area contributed by atoms with E-state index in [1.807, 2.05) is 0 Å². The summed E-state index contributed by atoms with van der Waals surface area (Å²) in [6.07, 6.45) is 3.28. The second kappa shape index (κ2) is 10.3. The van der Waals surface area contributed by atoms with E-state index in [4.69, 9.17) is 11.6 Å². The van der Waals surface area contributed by atoms with Gasteiger partial charge in [0.25, 0.3) is 11.1 Å². The van der Waals surface area contributed by atoms with Gasteiger partial charge in [0.1, 0.15) is 12.4 Å². The molecule has 2 aromatic rings. The number of rotatable bonds is 6. The molecule has 1 atom stereocenters. The highest BCUT2D eigenvalue weighted by Gasteiger charge is 2.38. The first-order valence-corrected chi connectivity index (χ1v) is 13.1. The van der Waals surface area contributed by atoms with Crippen molar-refractivity contribution in [2.75, 3.05) is 23.3 Å². The Morgan fingerprint density at radius 2 is 1.94 bits per heavy atom. The van der Waals surface area contributed by atoms with Crippen LogP contribution in [0.1, 0.15) is 57.6 Å². The molecule has 0 spiro atoms. The molecule has 2 aliphatic heterocycles. The Balaban J connectivity index is 1.55. The van der Waals surface area contributed by atoms with E-state index in [0.717, 1.165) is 35.5 Å². The van der Waals surface area contributed by atoms with Crippen LogP contribution in [-0.4, -0.2) is 40.6 Å². The molecule has 0 aromatic heterocycles. The van der Waals surface area contributed by atoms with Crippen LogP contribution in [0.5, 0.6) is 0 Å². The summed E-state index contributed by atoms with van der Waals surface area (Å²) < 4.78 is 15.3. The number of imide groups is 1. The Labute approximate surface area is 219 Å². The van der Waals surface area contributed by atoms with Crippen LogP contribution in [0.4, 0.5) is 20.6 Å². The molecule has 6 nitrogen and oxygen atoms in total. The number of carbonyl (C=O) groups is 3. The van der Waals surface area contributed by atoms with E-state index in [1.165, 1.54) is 12.1 Å². The number of hydrogen-bond donors (Lipinski definition) is 1. The van der Waals surface area contributed by atoms with E-state index >= 15 is 4.39 Å². The molecule has 1 N–H and O–H groups in total. The minimum atomic E-state index is -0.616. The normalized spacial score (nSPS) is 20.2. The van der Waals surface area contributed by atoms with Crippen molar-refractivity contribution in [1.82, 2.24) is 4.90 Å². The molecule has 0 bridgehead atoms. The lowest BCUT2D eigenvalue weighted by molar-refractivity contribution is -0.127. The van der Waals surface area contributed by atoms with Crippen molar-refractivity contribution in [2.24, 2.45) is 0 Å². The summed E-state index contributed by atoms with van der Waals surface area (Å²) in [6.45, 7) is 8.96. The van der Waals surface area contributed by atoms with Crippen LogP contribution in [-0.2, 0) is 9.59 Å². The van der Waals surface area contributed by atoms with E-state index < -0.39 is 29.4 Å². The van der Waals surface area contributed by atoms with Gasteiger partial charge < -0.3 is 10.2 Å². The first kappa shape index (κ1) is 26.2. The van der Waals surface area contributed by atoms with Crippen LogP contribution in [0, 0.1) is 5.82 Å². The number of carbonyl (C=O) groups excluding carboxylic acids is 3. The molecule has 36 heavy (non-hydrogen) atoms. The molecule has 2 aromatic carbocycles. The highest BCUT2D eigenvalue weighted by molar-refractivity contribution is 8.18. The number of fused-ring (bicyclic) bond motifs is 1. The first-order valence-electron chi connectivity index (χ1n) is 11.9. The predicted molar refractivity (Wildman–Crippen MR) is 144 cm³/mol. The molecule has 4 rings (SSSR count). The number of thioether (sulfide) groups is 1. The second-order valence-electron chi connectivity index (χ2n) is 9.82. The Morgan fingerprint density at radius 1 is 1.25 bits per heavy atom. The molecule has 0 aliphatic carbocycles. The van der Waals surface area contributed by atoms with Crippen molar-refractivity contribution in [1.29, 1.82) is 0 Å². The Morgan fingerprint density at radius 3 is 2.61 bits per heavy atom. The molecule has 1 fully saturated rings. The summed E-state index contributed by atoms with van der Waals surface area (Å²) in [5.41, 5.74) is 2.57. The fraction of sp³-hybridized carbons (Fsp3) is 0.370. The average molecular weight is 530 g/mol. The summed E-state index contributed by atoms with van der Waals surface area (Å²) in [7, 11) is 0. The van der Waals surface area contributed by atoms with Crippen molar-refractivity contribution >= 4 is 57.9 Å². The zero-order chi connectivity index (χ0) is 26.2. The monoisotopic (exact) mass is 529 g/mol. The van der Waals surface area contributed by atoms with Gasteiger partial charge in [-0.1, -0.05) is 25.4 Å². The van der Waals surface area contributed by atoms with Crippen molar-refractivity contribution in [3.63, 3.8) is 0 Å². The van der Waals surface area contributed by atoms with Gasteiger partial charge in [0.15, 0.2) is 0 Å². The van der Waals surface area contributed by atoms with Gasteiger partial charge in [0.05, 0.1) is 4.91 Å². The van der Waals surface area contributed by atoms with Crippen LogP contribution in [0.3, 0.4) is 0 Å². The molecule has 190 valence electrons. The number of hydrogen-bond acceptors (Lipinski definition) is 5. The highest BCUT2D eigenvalue weighted by atomic mass is 35.5. The molecule has 1 saturated heterocycles. The molecule has 0 radical (unpaired) electrons. The first-order chi connectivity index (χ1) is 17.0. The maximum atomic E-state index is 15.3. The average Bonchev–Trinajstić information content (AvgIpc) is 3.06. The summed E-state index contributed by atoms with van der Waals surface area (Å²) >= 11 is 6.56. The maximum Gasteiger partial charge on any atom is 0.294 e. The number of nitrogens with one attached hydrogen (secondary N) is 1. The van der Waals surface area contributed by atoms with Gasteiger partial charge in [-0.2, -0.15) is 0 Å². The van der Waals surface area contributed by atoms with E-state index in [-0.39, 0.29) is 21.9 Å². The number of benzene rings is 2. The number of halogens is 2. The lowest BCUT2D eigenvalue weighted by atomic mass is 9.79. The second-order valence-corrected chi connectivity index (χ2v) is 11.3. The smallest absolute Gasteiger partial charge is 0.294 e. The van der Waals surface area contributed by atoms with Crippen molar-refractivity contribution in [3.8, 4) is 0 Å². The molecule has 0 saturated carbocycles. The van der Waals surface area contributed by atoms with E-state index in [2.05, 4.69) is 37.9 Å². The van der Waals surface area contributed by atoms with Crippen molar-refractivity contribution in [3.05, 3.63) is 63.3 Å². The minimum absolute atomic E-state index is 0.0901. The van der Waals surface area contributed by atoms with E-state index in [1.54, 1.807) is 30.3 Å². The molecular formula is C27H29ClFN3O3S. The third kappa shape index (κ3) is 5.30. The minimum Gasteiger partial charge on any atom is -0.366 e. The molecule has 1 unspecified atom stereocenters. The van der Waals surface area contributed by atoms with E-state index in [9.17, 15) is 14.4 Å². The van der Waals surface area contributed by atoms with Gasteiger partial charge in [-0.3, -0.25) is 19.3 Å². The van der Waals surface area contributed by atoms with Gasteiger partial charge in [-0.15, -0.1) is 0 Å². The van der Waals surface area contributed by atoms with Crippen LogP contribution in [0.25, 0.3) is 6.08 Å². The molecule has 9 heteroatoms. The maximum absolute atomic E-state index is 15.3. The molecule has 3 amide bonds. The number of anilines is 2. The molecular weight excluding hydrogens is 501 g/mol. The predicted octanol–water partition coefficient (Wildman–Crippen LogP) is 6.66. The SMILES string of the molecule is CCCN1c2cc(F)c(/C=C3/SC(=O)N(CC(=O)Nc4ccc(Cl)cc4)C3=O)cc2C(C)CC1(C)C. The largest absolute Gasteiger partial charge is 0.366 e. The fourth-order valence-electron chi connectivity index (χ4n) is 4.93. The van der Waals surface area contributed by atoms with Gasteiger partial charge in [0, 0.05) is 34.0 Å². The summed E-state index contributed by atoms with van der Waals surface area (Å²) in [4.78, 5) is 41.1. The van der Waals surface area contributed by atoms with Gasteiger partial charge in [0.2, 0.25) is 5.91 Å². The molecule has 2 aliphatic rings. The molecule has 2 heterocycles. The third-order valence-corrected chi connectivity index (χ3v) is 7.70. The fourth-order valence-corrected chi connectivity index (χ4v) is 5.89. The Hall–Kier alpha value is -2.84. The Kier molecular flexibility index (Phi) is 7.48. The zero-order valence-electron chi connectivity index (χ0n) is 20.7. The lowest BCUT2D eigenvalue weighted by Crippen LogP contribution is -2.48. The standard InChI is InChI=1S/C27H29ClFN3O3S/c1-5-10-32-22-13-21(29)17(11-20(22)16(2)14-27(32,3)4)12-23-25(34)31(26(35)36-23)15-24(33)30-19-8-6-18(28)7-9-19/h6-9,11-13,16H,5,10,14-15H2,1-4H3,(H,30,33)/b23-12+. The van der Waals surface area contributed by atoms with Gasteiger partial charge >= 0.3 is 0 Å².